The van der Waals surface area contributed by atoms with Crippen LogP contribution in [0.4, 0.5) is 0 Å². The van der Waals surface area contributed by atoms with Gasteiger partial charge in [-0.1, -0.05) is 133 Å². The molecule has 4 rings (SSSR count). The van der Waals surface area contributed by atoms with Crippen molar-refractivity contribution in [3.63, 3.8) is 0 Å². The fourth-order valence-electron chi connectivity index (χ4n) is 6.93. The Bertz CT molecular complexity index is 1810. The summed E-state index contributed by atoms with van der Waals surface area (Å²) in [6.07, 6.45) is -3.84. The molecule has 0 bridgehead atoms. The molecule has 312 valence electrons. The van der Waals surface area contributed by atoms with Crippen LogP contribution in [0, 0.1) is 17.8 Å². The SMILES string of the molecule is CC(C)C[C@H]1OC(=O)[C@H](Cc2ccccc2)N(C)C(=O)[C@@H](C(C)C)OC(=O)[C@@H](Cc2ccccc2)N(C)C(=O)[C@@H](C(C)C)OC(=O)[C@H](Cc2ccccc2)N(C)C1=O. The lowest BCUT2D eigenvalue weighted by Gasteiger charge is -2.36. The van der Waals surface area contributed by atoms with Gasteiger partial charge in [0.2, 0.25) is 0 Å². The van der Waals surface area contributed by atoms with E-state index in [9.17, 15) is 28.8 Å². The summed E-state index contributed by atoms with van der Waals surface area (Å²) in [6, 6.07) is 23.5. The van der Waals surface area contributed by atoms with Gasteiger partial charge in [-0.15, -0.1) is 0 Å². The van der Waals surface area contributed by atoms with Gasteiger partial charge in [-0.05, 0) is 40.9 Å². The van der Waals surface area contributed by atoms with E-state index in [1.54, 1.807) is 39.8 Å². The quantitative estimate of drug-likeness (QED) is 0.198. The molecule has 6 atom stereocenters. The second-order valence-corrected chi connectivity index (χ2v) is 16.2. The van der Waals surface area contributed by atoms with Gasteiger partial charge in [-0.3, -0.25) is 14.4 Å². The molecule has 0 aliphatic carbocycles. The number of ether oxygens (including phenoxy) is 3. The third-order valence-corrected chi connectivity index (χ3v) is 10.5. The van der Waals surface area contributed by atoms with E-state index in [-0.39, 0.29) is 31.6 Å². The standard InChI is InChI=1S/C46H59N3O9/c1-29(2)25-38-41(50)47(7)36(27-33-21-15-11-16-22-33)45(54)57-40(31(5)6)43(52)49(9)37(28-34-23-17-12-18-24-34)46(55)58-39(30(3)4)42(51)48(8)35(44(53)56-38)26-32-19-13-10-14-20-32/h10-24,29-31,35-40H,25-28H2,1-9H3/t35-,36-,37+,38+,39+,40+/m0/s1. The number of amides is 3. The number of nitrogens with zero attached hydrogens (tertiary/aromatic N) is 3. The van der Waals surface area contributed by atoms with Crippen LogP contribution in [0.5, 0.6) is 0 Å². The summed E-state index contributed by atoms with van der Waals surface area (Å²) in [5.41, 5.74) is 2.17. The second-order valence-electron chi connectivity index (χ2n) is 16.2. The van der Waals surface area contributed by atoms with Crippen molar-refractivity contribution < 1.29 is 43.0 Å². The number of hydrogen-bond donors (Lipinski definition) is 0. The molecule has 1 saturated heterocycles. The summed E-state index contributed by atoms with van der Waals surface area (Å²) >= 11 is 0. The summed E-state index contributed by atoms with van der Waals surface area (Å²) in [6.45, 7) is 10.6. The van der Waals surface area contributed by atoms with E-state index >= 15 is 0 Å². The van der Waals surface area contributed by atoms with Crippen LogP contribution in [0.1, 0.15) is 64.7 Å². The molecule has 1 heterocycles. The highest BCUT2D eigenvalue weighted by atomic mass is 16.6. The van der Waals surface area contributed by atoms with Gasteiger partial charge in [-0.25, -0.2) is 14.4 Å². The highest BCUT2D eigenvalue weighted by Gasteiger charge is 2.43. The molecule has 3 aromatic rings. The smallest absolute Gasteiger partial charge is 0.329 e. The van der Waals surface area contributed by atoms with Gasteiger partial charge >= 0.3 is 17.9 Å². The zero-order chi connectivity index (χ0) is 42.7. The molecular weight excluding hydrogens is 739 g/mol. The predicted octanol–water partition coefficient (Wildman–Crippen LogP) is 5.30. The fraction of sp³-hybridized carbons (Fsp3) is 0.478. The molecule has 1 aliphatic heterocycles. The summed E-state index contributed by atoms with van der Waals surface area (Å²) < 4.78 is 18.2. The number of benzene rings is 3. The zero-order valence-corrected chi connectivity index (χ0v) is 35.2. The van der Waals surface area contributed by atoms with Crippen molar-refractivity contribution in [1.82, 2.24) is 14.7 Å². The molecule has 12 nitrogen and oxygen atoms in total. The third kappa shape index (κ3) is 11.8. The van der Waals surface area contributed by atoms with Gasteiger partial charge in [0, 0.05) is 40.4 Å². The normalized spacial score (nSPS) is 23.5. The number of cyclic esters (lactones) is 3. The molecule has 1 aliphatic rings. The van der Waals surface area contributed by atoms with Crippen LogP contribution in [0.15, 0.2) is 91.0 Å². The van der Waals surface area contributed by atoms with Crippen molar-refractivity contribution >= 4 is 35.6 Å². The van der Waals surface area contributed by atoms with Crippen LogP contribution in [0.25, 0.3) is 0 Å². The first-order valence-corrected chi connectivity index (χ1v) is 20.0. The number of hydrogen-bond acceptors (Lipinski definition) is 9. The molecule has 0 spiro atoms. The van der Waals surface area contributed by atoms with E-state index in [0.717, 1.165) is 16.7 Å². The Kier molecular flexibility index (Phi) is 16.2. The van der Waals surface area contributed by atoms with Crippen molar-refractivity contribution in [3.8, 4) is 0 Å². The lowest BCUT2D eigenvalue weighted by molar-refractivity contribution is -0.178. The third-order valence-electron chi connectivity index (χ3n) is 10.5. The molecule has 0 unspecified atom stereocenters. The Morgan fingerprint density at radius 2 is 0.741 bits per heavy atom. The molecule has 0 aromatic heterocycles. The first kappa shape index (κ1) is 45.2. The molecule has 0 radical (unpaired) electrons. The van der Waals surface area contributed by atoms with E-state index in [1.807, 2.05) is 92.7 Å². The van der Waals surface area contributed by atoms with Crippen molar-refractivity contribution in [3.05, 3.63) is 108 Å². The van der Waals surface area contributed by atoms with E-state index in [1.165, 1.54) is 35.8 Å². The predicted molar refractivity (Wildman–Crippen MR) is 219 cm³/mol. The Labute approximate surface area is 342 Å². The topological polar surface area (TPSA) is 140 Å². The van der Waals surface area contributed by atoms with Gasteiger partial charge in [0.25, 0.3) is 17.7 Å². The monoisotopic (exact) mass is 797 g/mol. The average Bonchev–Trinajstić information content (AvgIpc) is 3.20. The highest BCUT2D eigenvalue weighted by molar-refractivity contribution is 5.94. The summed E-state index contributed by atoms with van der Waals surface area (Å²) in [5, 5.41) is 0. The first-order valence-electron chi connectivity index (χ1n) is 20.0. The van der Waals surface area contributed by atoms with Crippen molar-refractivity contribution in [2.45, 2.75) is 104 Å². The van der Waals surface area contributed by atoms with Crippen LogP contribution >= 0.6 is 0 Å². The minimum Gasteiger partial charge on any atom is -0.451 e. The second kappa shape index (κ2) is 20.8. The maximum Gasteiger partial charge on any atom is 0.329 e. The van der Waals surface area contributed by atoms with Crippen LogP contribution in [-0.4, -0.2) is 108 Å². The van der Waals surface area contributed by atoms with Crippen LogP contribution < -0.4 is 0 Å². The number of carbonyl (C=O) groups is 6. The summed E-state index contributed by atoms with van der Waals surface area (Å²) in [7, 11) is 4.34. The van der Waals surface area contributed by atoms with E-state index in [2.05, 4.69) is 0 Å². The van der Waals surface area contributed by atoms with Crippen molar-refractivity contribution in [2.24, 2.45) is 17.8 Å². The number of carbonyl (C=O) groups excluding carboxylic acids is 6. The number of rotatable bonds is 10. The Balaban J connectivity index is 1.89. The van der Waals surface area contributed by atoms with Crippen molar-refractivity contribution in [2.75, 3.05) is 21.1 Å². The molecule has 0 N–H and O–H groups in total. The molecule has 1 fully saturated rings. The minimum atomic E-state index is -1.36. The molecule has 58 heavy (non-hydrogen) atoms. The highest BCUT2D eigenvalue weighted by Crippen LogP contribution is 2.24. The van der Waals surface area contributed by atoms with Crippen LogP contribution in [-0.2, 0) is 62.2 Å². The van der Waals surface area contributed by atoms with Gasteiger partial charge in [0.1, 0.15) is 18.1 Å². The number of esters is 3. The molecule has 0 saturated carbocycles. The van der Waals surface area contributed by atoms with Gasteiger partial charge < -0.3 is 28.9 Å². The summed E-state index contributed by atoms with van der Waals surface area (Å²) in [4.78, 5) is 90.3. The Morgan fingerprint density at radius 1 is 0.448 bits per heavy atom. The molecule has 3 amide bonds. The van der Waals surface area contributed by atoms with Gasteiger partial charge in [-0.2, -0.15) is 0 Å². The molecular formula is C46H59N3O9. The maximum atomic E-state index is 14.5. The Morgan fingerprint density at radius 3 is 1.03 bits per heavy atom. The largest absolute Gasteiger partial charge is 0.451 e. The zero-order valence-electron chi connectivity index (χ0n) is 35.2. The lowest BCUT2D eigenvalue weighted by Crippen LogP contribution is -2.56. The molecule has 3 aromatic carbocycles. The number of likely N-dealkylation sites (N-methyl/N-ethyl adjacent to an activating group) is 3. The van der Waals surface area contributed by atoms with Gasteiger partial charge in [0.05, 0.1) is 0 Å². The fourth-order valence-corrected chi connectivity index (χ4v) is 6.93. The van der Waals surface area contributed by atoms with E-state index in [0.29, 0.717) is 0 Å². The van der Waals surface area contributed by atoms with E-state index in [4.69, 9.17) is 14.2 Å². The minimum absolute atomic E-state index is 0.0313. The van der Waals surface area contributed by atoms with Crippen LogP contribution in [0.2, 0.25) is 0 Å². The van der Waals surface area contributed by atoms with E-state index < -0.39 is 83.9 Å². The Hall–Kier alpha value is -5.52. The maximum absolute atomic E-state index is 14.5. The average molecular weight is 798 g/mol. The van der Waals surface area contributed by atoms with Gasteiger partial charge in [0.15, 0.2) is 18.3 Å². The van der Waals surface area contributed by atoms with Crippen LogP contribution in [0.3, 0.4) is 0 Å². The molecule has 12 heteroatoms. The van der Waals surface area contributed by atoms with Crippen molar-refractivity contribution in [1.29, 1.82) is 0 Å². The summed E-state index contributed by atoms with van der Waals surface area (Å²) in [5.74, 6) is -5.70. The first-order chi connectivity index (χ1) is 27.5. The lowest BCUT2D eigenvalue weighted by atomic mass is 9.99.